The lowest BCUT2D eigenvalue weighted by atomic mass is 9.77. The standard InChI is InChI=1S/C20H24N6O2S/c1-28-19-7-16-9-25(20(27)11-24-4-3-21-13-24)8-15(16)6-18(19)26-10-17(22-23-26)14-2-5-29-12-14/h2-5,10,12-13,15-16,18-19H,6-9,11H2,1H3/t15-,16+,18-,19-/m1/s1. The van der Waals surface area contributed by atoms with Crippen molar-refractivity contribution in [2.24, 2.45) is 11.8 Å². The molecule has 8 nitrogen and oxygen atoms in total. The first kappa shape index (κ1) is 18.5. The van der Waals surface area contributed by atoms with Gasteiger partial charge in [0.15, 0.2) is 0 Å². The highest BCUT2D eigenvalue weighted by Gasteiger charge is 2.44. The molecule has 0 spiro atoms. The van der Waals surface area contributed by atoms with Gasteiger partial charge in [-0.2, -0.15) is 11.3 Å². The van der Waals surface area contributed by atoms with Crippen LogP contribution in [0.25, 0.3) is 11.3 Å². The summed E-state index contributed by atoms with van der Waals surface area (Å²) in [6, 6.07) is 2.20. The van der Waals surface area contributed by atoms with Crippen molar-refractivity contribution in [3.8, 4) is 11.3 Å². The smallest absolute Gasteiger partial charge is 0.242 e. The number of imidazole rings is 1. The molecule has 0 aromatic carbocycles. The van der Waals surface area contributed by atoms with Crippen molar-refractivity contribution in [1.82, 2.24) is 29.4 Å². The fraction of sp³-hybridized carbons (Fsp3) is 0.500. The Labute approximate surface area is 173 Å². The Bertz CT molecular complexity index is 954. The zero-order valence-corrected chi connectivity index (χ0v) is 17.1. The Morgan fingerprint density at radius 3 is 2.90 bits per heavy atom. The molecule has 29 heavy (non-hydrogen) atoms. The van der Waals surface area contributed by atoms with E-state index in [1.807, 2.05) is 31.9 Å². The Hall–Kier alpha value is -2.52. The van der Waals surface area contributed by atoms with Gasteiger partial charge in [0.05, 0.1) is 24.7 Å². The molecule has 3 aromatic rings. The summed E-state index contributed by atoms with van der Waals surface area (Å²) in [6.07, 6.45) is 9.21. The van der Waals surface area contributed by atoms with E-state index >= 15 is 0 Å². The second-order valence-electron chi connectivity index (χ2n) is 7.96. The number of carbonyl (C=O) groups excluding carboxylic acids is 1. The normalized spacial score (nSPS) is 26.6. The highest BCUT2D eigenvalue weighted by Crippen LogP contribution is 2.42. The number of hydrogen-bond acceptors (Lipinski definition) is 6. The molecule has 0 N–H and O–H groups in total. The average molecular weight is 413 g/mol. The van der Waals surface area contributed by atoms with E-state index in [1.165, 1.54) is 0 Å². The average Bonchev–Trinajstić information content (AvgIpc) is 3.53. The third kappa shape index (κ3) is 3.60. The van der Waals surface area contributed by atoms with Gasteiger partial charge in [-0.3, -0.25) is 4.79 Å². The molecule has 0 radical (unpaired) electrons. The molecule has 2 fully saturated rings. The van der Waals surface area contributed by atoms with Crippen LogP contribution in [0.15, 0.2) is 41.7 Å². The van der Waals surface area contributed by atoms with E-state index in [-0.39, 0.29) is 18.1 Å². The molecular weight excluding hydrogens is 388 g/mol. The van der Waals surface area contributed by atoms with Crippen LogP contribution in [0.1, 0.15) is 18.9 Å². The number of hydrogen-bond donors (Lipinski definition) is 0. The zero-order chi connectivity index (χ0) is 19.8. The van der Waals surface area contributed by atoms with Crippen LogP contribution in [0.5, 0.6) is 0 Å². The number of amides is 1. The lowest BCUT2D eigenvalue weighted by Gasteiger charge is -2.36. The summed E-state index contributed by atoms with van der Waals surface area (Å²) in [5.74, 6) is 1.10. The second kappa shape index (κ2) is 7.72. The van der Waals surface area contributed by atoms with Crippen molar-refractivity contribution in [3.05, 3.63) is 41.7 Å². The van der Waals surface area contributed by atoms with Crippen LogP contribution < -0.4 is 0 Å². The molecule has 2 aliphatic rings. The first-order chi connectivity index (χ1) is 14.2. The van der Waals surface area contributed by atoms with Gasteiger partial charge in [-0.05, 0) is 36.1 Å². The summed E-state index contributed by atoms with van der Waals surface area (Å²) in [7, 11) is 1.77. The highest BCUT2D eigenvalue weighted by atomic mass is 32.1. The summed E-state index contributed by atoms with van der Waals surface area (Å²) in [6.45, 7) is 1.96. The molecule has 1 aliphatic heterocycles. The third-order valence-corrected chi connectivity index (χ3v) is 6.97. The van der Waals surface area contributed by atoms with Crippen LogP contribution in [0.4, 0.5) is 0 Å². The Morgan fingerprint density at radius 2 is 2.17 bits per heavy atom. The summed E-state index contributed by atoms with van der Waals surface area (Å²) in [4.78, 5) is 18.7. The van der Waals surface area contributed by atoms with Crippen LogP contribution in [0.2, 0.25) is 0 Å². The van der Waals surface area contributed by atoms with Crippen LogP contribution in [-0.2, 0) is 16.1 Å². The van der Waals surface area contributed by atoms with Crippen molar-refractivity contribution < 1.29 is 9.53 Å². The lowest BCUT2D eigenvalue weighted by molar-refractivity contribution is -0.131. The monoisotopic (exact) mass is 412 g/mol. The van der Waals surface area contributed by atoms with E-state index in [4.69, 9.17) is 4.74 Å². The summed E-state index contributed by atoms with van der Waals surface area (Å²) in [5.41, 5.74) is 1.99. The minimum Gasteiger partial charge on any atom is -0.379 e. The van der Waals surface area contributed by atoms with Gasteiger partial charge in [-0.15, -0.1) is 5.10 Å². The Morgan fingerprint density at radius 1 is 1.31 bits per heavy atom. The lowest BCUT2D eigenvalue weighted by Crippen LogP contribution is -2.37. The van der Waals surface area contributed by atoms with E-state index < -0.39 is 0 Å². The molecular formula is C20H24N6O2S. The Kier molecular flexibility index (Phi) is 4.92. The topological polar surface area (TPSA) is 78.1 Å². The molecule has 1 aliphatic carbocycles. The number of rotatable bonds is 5. The van der Waals surface area contributed by atoms with Gasteiger partial charge in [0.1, 0.15) is 12.2 Å². The number of nitrogens with zero attached hydrogens (tertiary/aromatic N) is 6. The van der Waals surface area contributed by atoms with Crippen molar-refractivity contribution in [2.75, 3.05) is 20.2 Å². The number of ether oxygens (including phenoxy) is 1. The predicted octanol–water partition coefficient (Wildman–Crippen LogP) is 2.33. The van der Waals surface area contributed by atoms with Gasteiger partial charge in [0, 0.05) is 43.5 Å². The third-order valence-electron chi connectivity index (χ3n) is 6.28. The van der Waals surface area contributed by atoms with Gasteiger partial charge in [-0.1, -0.05) is 5.21 Å². The van der Waals surface area contributed by atoms with E-state index in [0.29, 0.717) is 18.4 Å². The zero-order valence-electron chi connectivity index (χ0n) is 16.3. The minimum absolute atomic E-state index is 0.0805. The first-order valence-electron chi connectivity index (χ1n) is 9.92. The maximum absolute atomic E-state index is 12.7. The van der Waals surface area contributed by atoms with E-state index in [9.17, 15) is 4.79 Å². The number of aromatic nitrogens is 5. The maximum atomic E-state index is 12.7. The van der Waals surface area contributed by atoms with Crippen molar-refractivity contribution in [2.45, 2.75) is 31.5 Å². The van der Waals surface area contributed by atoms with Gasteiger partial charge in [0.25, 0.3) is 0 Å². The largest absolute Gasteiger partial charge is 0.379 e. The molecule has 152 valence electrons. The molecule has 3 aromatic heterocycles. The van der Waals surface area contributed by atoms with Gasteiger partial charge in [-0.25, -0.2) is 9.67 Å². The van der Waals surface area contributed by atoms with Gasteiger partial charge < -0.3 is 14.2 Å². The molecule has 1 saturated heterocycles. The second-order valence-corrected chi connectivity index (χ2v) is 8.74. The fourth-order valence-corrected chi connectivity index (χ4v) is 5.39. The number of carbonyl (C=O) groups is 1. The first-order valence-corrected chi connectivity index (χ1v) is 10.9. The van der Waals surface area contributed by atoms with Crippen LogP contribution in [-0.4, -0.2) is 61.7 Å². The van der Waals surface area contributed by atoms with Crippen LogP contribution in [0, 0.1) is 11.8 Å². The molecule has 1 saturated carbocycles. The number of methoxy groups -OCH3 is 1. The quantitative estimate of drug-likeness (QED) is 0.643. The fourth-order valence-electron chi connectivity index (χ4n) is 4.74. The maximum Gasteiger partial charge on any atom is 0.242 e. The van der Waals surface area contributed by atoms with E-state index in [0.717, 1.165) is 37.2 Å². The molecule has 1 amide bonds. The van der Waals surface area contributed by atoms with Crippen LogP contribution in [0.3, 0.4) is 0 Å². The van der Waals surface area contributed by atoms with Crippen LogP contribution >= 0.6 is 11.3 Å². The summed E-state index contributed by atoms with van der Waals surface area (Å²) >= 11 is 1.66. The van der Waals surface area contributed by atoms with Crippen molar-refractivity contribution >= 4 is 17.2 Å². The Balaban J connectivity index is 1.29. The highest BCUT2D eigenvalue weighted by molar-refractivity contribution is 7.08. The summed E-state index contributed by atoms with van der Waals surface area (Å²) in [5, 5.41) is 12.9. The number of fused-ring (bicyclic) bond motifs is 1. The molecule has 5 rings (SSSR count). The van der Waals surface area contributed by atoms with Crippen molar-refractivity contribution in [1.29, 1.82) is 0 Å². The molecule has 9 heteroatoms. The van der Waals surface area contributed by atoms with E-state index in [2.05, 4.69) is 26.7 Å². The number of likely N-dealkylation sites (tertiary alicyclic amines) is 1. The van der Waals surface area contributed by atoms with Crippen molar-refractivity contribution in [3.63, 3.8) is 0 Å². The van der Waals surface area contributed by atoms with Gasteiger partial charge in [0.2, 0.25) is 5.91 Å². The predicted molar refractivity (Wildman–Crippen MR) is 108 cm³/mol. The minimum atomic E-state index is 0.0805. The molecule has 4 atom stereocenters. The summed E-state index contributed by atoms with van der Waals surface area (Å²) < 4.78 is 9.64. The number of thiophene rings is 1. The molecule has 0 bridgehead atoms. The SMILES string of the molecule is CO[C@@H]1C[C@H]2CN(C(=O)Cn3ccnc3)C[C@H]2C[C@H]1n1cc(-c2ccsc2)nn1. The van der Waals surface area contributed by atoms with E-state index in [1.54, 1.807) is 31.0 Å². The molecule has 0 unspecified atom stereocenters. The molecule has 4 heterocycles. The van der Waals surface area contributed by atoms with Gasteiger partial charge >= 0.3 is 0 Å².